The lowest BCUT2D eigenvalue weighted by Gasteiger charge is -2.07. The lowest BCUT2D eigenvalue weighted by Crippen LogP contribution is -2.00. The second-order valence-electron chi connectivity index (χ2n) is 3.67. The number of hydrogen-bond acceptors (Lipinski definition) is 5. The lowest BCUT2D eigenvalue weighted by molar-refractivity contribution is -0.402. The molecule has 2 aromatic rings. The average molecular weight is 268 g/mol. The molecule has 0 spiro atoms. The van der Waals surface area contributed by atoms with Crippen molar-refractivity contribution in [1.29, 1.82) is 0 Å². The van der Waals surface area contributed by atoms with Crippen LogP contribution in [0.4, 0.5) is 11.6 Å². The van der Waals surface area contributed by atoms with Crippen LogP contribution in [-0.2, 0) is 6.54 Å². The summed E-state index contributed by atoms with van der Waals surface area (Å²) in [4.78, 5) is 13.8. The summed E-state index contributed by atoms with van der Waals surface area (Å²) in [6, 6.07) is 4.61. The Bertz CT molecular complexity index is 583. The average Bonchev–Trinajstić information content (AvgIpc) is 2.76. The smallest absolute Gasteiger partial charge is 0.404 e. The standard InChI is InChI=1S/C11H10ClN3O3/c1-7-4-10(12)14-6-9(7)13-5-8-2-3-11(18-8)15(16)17/h2-4,6,13H,5H2,1H3. The van der Waals surface area contributed by atoms with Gasteiger partial charge >= 0.3 is 5.88 Å². The van der Waals surface area contributed by atoms with Crippen LogP contribution in [0.15, 0.2) is 28.8 Å². The van der Waals surface area contributed by atoms with E-state index in [1.165, 1.54) is 6.07 Å². The number of hydrogen-bond donors (Lipinski definition) is 1. The highest BCUT2D eigenvalue weighted by Crippen LogP contribution is 2.20. The van der Waals surface area contributed by atoms with Gasteiger partial charge < -0.3 is 9.73 Å². The minimum absolute atomic E-state index is 0.266. The number of pyridine rings is 1. The summed E-state index contributed by atoms with van der Waals surface area (Å²) < 4.78 is 5.02. The highest BCUT2D eigenvalue weighted by atomic mass is 35.5. The topological polar surface area (TPSA) is 81.2 Å². The van der Waals surface area contributed by atoms with Crippen LogP contribution in [0.5, 0.6) is 0 Å². The number of nitrogens with one attached hydrogen (secondary N) is 1. The fraction of sp³-hybridized carbons (Fsp3) is 0.182. The molecule has 18 heavy (non-hydrogen) atoms. The van der Waals surface area contributed by atoms with E-state index in [0.717, 1.165) is 11.3 Å². The van der Waals surface area contributed by atoms with Crippen molar-refractivity contribution in [2.75, 3.05) is 5.32 Å². The Balaban J connectivity index is 2.04. The zero-order valence-corrected chi connectivity index (χ0v) is 10.3. The summed E-state index contributed by atoms with van der Waals surface area (Å²) in [5.41, 5.74) is 1.74. The van der Waals surface area contributed by atoms with Crippen molar-refractivity contribution in [2.45, 2.75) is 13.5 Å². The molecule has 0 aromatic carbocycles. The van der Waals surface area contributed by atoms with Crippen LogP contribution < -0.4 is 5.32 Å². The van der Waals surface area contributed by atoms with Crippen molar-refractivity contribution in [2.24, 2.45) is 0 Å². The van der Waals surface area contributed by atoms with Gasteiger partial charge in [-0.25, -0.2) is 4.98 Å². The van der Waals surface area contributed by atoms with E-state index in [-0.39, 0.29) is 5.88 Å². The van der Waals surface area contributed by atoms with Crippen molar-refractivity contribution >= 4 is 23.2 Å². The maximum Gasteiger partial charge on any atom is 0.433 e. The van der Waals surface area contributed by atoms with E-state index >= 15 is 0 Å². The molecule has 6 nitrogen and oxygen atoms in total. The molecule has 94 valence electrons. The molecule has 0 aliphatic carbocycles. The first-order valence-corrected chi connectivity index (χ1v) is 5.53. The van der Waals surface area contributed by atoms with Gasteiger partial charge in [0.1, 0.15) is 15.8 Å². The van der Waals surface area contributed by atoms with Gasteiger partial charge in [-0.2, -0.15) is 0 Å². The molecule has 7 heteroatoms. The SMILES string of the molecule is Cc1cc(Cl)ncc1NCc1ccc([N+](=O)[O-])o1. The van der Waals surface area contributed by atoms with Crippen LogP contribution >= 0.6 is 11.6 Å². The van der Waals surface area contributed by atoms with E-state index in [0.29, 0.717) is 17.5 Å². The fourth-order valence-corrected chi connectivity index (χ4v) is 1.66. The van der Waals surface area contributed by atoms with Gasteiger partial charge in [0.25, 0.3) is 0 Å². The Hall–Kier alpha value is -2.08. The molecule has 0 amide bonds. The Morgan fingerprint density at radius 1 is 1.56 bits per heavy atom. The first kappa shape index (κ1) is 12.4. The molecular formula is C11H10ClN3O3. The van der Waals surface area contributed by atoms with Crippen LogP contribution in [0.1, 0.15) is 11.3 Å². The Kier molecular flexibility index (Phi) is 3.47. The number of furan rings is 1. The van der Waals surface area contributed by atoms with Crippen LogP contribution in [-0.4, -0.2) is 9.91 Å². The minimum Gasteiger partial charge on any atom is -0.404 e. The van der Waals surface area contributed by atoms with E-state index in [1.807, 2.05) is 6.92 Å². The summed E-state index contributed by atoms with van der Waals surface area (Å²) in [7, 11) is 0. The number of aryl methyl sites for hydroxylation is 1. The number of nitrogens with zero attached hydrogens (tertiary/aromatic N) is 2. The highest BCUT2D eigenvalue weighted by Gasteiger charge is 2.11. The van der Waals surface area contributed by atoms with Gasteiger partial charge in [0.2, 0.25) is 0 Å². The van der Waals surface area contributed by atoms with Crippen LogP contribution in [0, 0.1) is 17.0 Å². The molecule has 0 atom stereocenters. The molecule has 0 saturated heterocycles. The molecule has 0 fully saturated rings. The normalized spacial score (nSPS) is 10.3. The number of aromatic nitrogens is 1. The molecule has 0 aliphatic heterocycles. The zero-order valence-electron chi connectivity index (χ0n) is 9.51. The minimum atomic E-state index is -0.571. The predicted molar refractivity (Wildman–Crippen MR) is 66.7 cm³/mol. The van der Waals surface area contributed by atoms with E-state index in [4.69, 9.17) is 16.0 Å². The fourth-order valence-electron chi connectivity index (χ4n) is 1.45. The maximum absolute atomic E-state index is 10.4. The summed E-state index contributed by atoms with van der Waals surface area (Å²) in [6.07, 6.45) is 1.61. The molecule has 0 aliphatic rings. The van der Waals surface area contributed by atoms with Crippen molar-refractivity contribution in [3.8, 4) is 0 Å². The molecule has 0 bridgehead atoms. The van der Waals surface area contributed by atoms with Gasteiger partial charge in [0.05, 0.1) is 24.5 Å². The van der Waals surface area contributed by atoms with Crippen LogP contribution in [0.25, 0.3) is 0 Å². The second kappa shape index (κ2) is 5.05. The third-order valence-corrected chi connectivity index (χ3v) is 2.56. The lowest BCUT2D eigenvalue weighted by atomic mass is 10.2. The summed E-state index contributed by atoms with van der Waals surface area (Å²) in [5, 5.41) is 13.9. The first-order valence-electron chi connectivity index (χ1n) is 5.15. The number of anilines is 1. The largest absolute Gasteiger partial charge is 0.433 e. The maximum atomic E-state index is 10.4. The third-order valence-electron chi connectivity index (χ3n) is 2.36. The monoisotopic (exact) mass is 267 g/mol. The molecule has 2 aromatic heterocycles. The molecule has 0 unspecified atom stereocenters. The van der Waals surface area contributed by atoms with Gasteiger partial charge in [-0.1, -0.05) is 11.6 Å². The van der Waals surface area contributed by atoms with Gasteiger partial charge in [-0.15, -0.1) is 0 Å². The molecule has 2 heterocycles. The number of nitro groups is 1. The van der Waals surface area contributed by atoms with Crippen molar-refractivity contribution < 1.29 is 9.34 Å². The quantitative estimate of drug-likeness (QED) is 0.523. The summed E-state index contributed by atoms with van der Waals surface area (Å²) in [6.45, 7) is 2.23. The number of halogens is 1. The molecule has 0 radical (unpaired) electrons. The Labute approximate surface area is 108 Å². The second-order valence-corrected chi connectivity index (χ2v) is 4.06. The molecule has 0 saturated carbocycles. The summed E-state index contributed by atoms with van der Waals surface area (Å²) >= 11 is 5.74. The number of rotatable bonds is 4. The van der Waals surface area contributed by atoms with E-state index in [9.17, 15) is 10.1 Å². The first-order chi connectivity index (χ1) is 8.56. The van der Waals surface area contributed by atoms with E-state index in [1.54, 1.807) is 18.3 Å². The van der Waals surface area contributed by atoms with Crippen molar-refractivity contribution in [1.82, 2.24) is 4.98 Å². The van der Waals surface area contributed by atoms with Crippen LogP contribution in [0.2, 0.25) is 5.15 Å². The van der Waals surface area contributed by atoms with Crippen molar-refractivity contribution in [3.05, 3.63) is 51.0 Å². The molecule has 1 N–H and O–H groups in total. The van der Waals surface area contributed by atoms with Gasteiger partial charge in [-0.3, -0.25) is 10.1 Å². The van der Waals surface area contributed by atoms with Crippen LogP contribution in [0.3, 0.4) is 0 Å². The third kappa shape index (κ3) is 2.78. The zero-order chi connectivity index (χ0) is 13.1. The summed E-state index contributed by atoms with van der Waals surface area (Å²) in [5.74, 6) is 0.216. The van der Waals surface area contributed by atoms with Crippen molar-refractivity contribution in [3.63, 3.8) is 0 Å². The van der Waals surface area contributed by atoms with Gasteiger partial charge in [0, 0.05) is 0 Å². The molecule has 2 rings (SSSR count). The predicted octanol–water partition coefficient (Wildman–Crippen LogP) is 3.16. The van der Waals surface area contributed by atoms with Gasteiger partial charge in [0.15, 0.2) is 0 Å². The molecular weight excluding hydrogens is 258 g/mol. The Morgan fingerprint density at radius 3 is 2.94 bits per heavy atom. The highest BCUT2D eigenvalue weighted by molar-refractivity contribution is 6.29. The van der Waals surface area contributed by atoms with Gasteiger partial charge in [-0.05, 0) is 24.6 Å². The van der Waals surface area contributed by atoms with E-state index in [2.05, 4.69) is 10.3 Å². The Morgan fingerprint density at radius 2 is 2.33 bits per heavy atom. The van der Waals surface area contributed by atoms with E-state index < -0.39 is 4.92 Å².